The van der Waals surface area contributed by atoms with Crippen molar-refractivity contribution in [1.29, 1.82) is 0 Å². The predicted molar refractivity (Wildman–Crippen MR) is 120 cm³/mol. The van der Waals surface area contributed by atoms with Gasteiger partial charge < -0.3 is 0 Å². The summed E-state index contributed by atoms with van der Waals surface area (Å²) in [4.78, 5) is 18.4. The minimum absolute atomic E-state index is 0.120. The van der Waals surface area contributed by atoms with Crippen molar-refractivity contribution in [3.05, 3.63) is 94.4 Å². The van der Waals surface area contributed by atoms with Crippen LogP contribution in [0.3, 0.4) is 0 Å². The molecule has 158 valence electrons. The van der Waals surface area contributed by atoms with Crippen LogP contribution in [-0.2, 0) is 16.4 Å². The van der Waals surface area contributed by atoms with Crippen LogP contribution in [0.4, 0.5) is 0 Å². The van der Waals surface area contributed by atoms with Gasteiger partial charge in [0.1, 0.15) is 17.1 Å². The van der Waals surface area contributed by atoms with E-state index < -0.39 is 15.8 Å². The zero-order chi connectivity index (χ0) is 22.0. The summed E-state index contributed by atoms with van der Waals surface area (Å²) in [6, 6.07) is 16.2. The molecule has 8 heteroatoms. The lowest BCUT2D eigenvalue weighted by molar-refractivity contribution is 0.102. The smallest absolute Gasteiger partial charge is 0.268 e. The van der Waals surface area contributed by atoms with Crippen LogP contribution in [0.15, 0.2) is 70.7 Å². The Labute approximate surface area is 184 Å². The monoisotopic (exact) mass is 442 g/mol. The highest BCUT2D eigenvalue weighted by Gasteiger charge is 2.41. The fourth-order valence-electron chi connectivity index (χ4n) is 4.45. The van der Waals surface area contributed by atoms with Crippen molar-refractivity contribution < 1.29 is 13.2 Å². The van der Waals surface area contributed by atoms with E-state index in [-0.39, 0.29) is 16.3 Å². The van der Waals surface area contributed by atoms with E-state index in [0.717, 1.165) is 20.7 Å². The maximum absolute atomic E-state index is 13.6. The maximum Gasteiger partial charge on any atom is 0.268 e. The molecule has 2 aliphatic rings. The Bertz CT molecular complexity index is 1540. The average Bonchev–Trinajstić information content (AvgIpc) is 3.42. The highest BCUT2D eigenvalue weighted by Crippen LogP contribution is 2.38. The van der Waals surface area contributed by atoms with Gasteiger partial charge in [-0.2, -0.15) is 5.10 Å². The molecule has 32 heavy (non-hydrogen) atoms. The van der Waals surface area contributed by atoms with Crippen molar-refractivity contribution in [3.8, 4) is 11.3 Å². The van der Waals surface area contributed by atoms with E-state index in [2.05, 4.69) is 10.2 Å². The summed E-state index contributed by atoms with van der Waals surface area (Å²) >= 11 is 0. The van der Waals surface area contributed by atoms with Gasteiger partial charge in [0.15, 0.2) is 0 Å². The number of fused-ring (bicyclic) bond motifs is 2. The lowest BCUT2D eigenvalue weighted by atomic mass is 9.85. The van der Waals surface area contributed by atoms with Crippen LogP contribution in [-0.4, -0.2) is 40.6 Å². The maximum atomic E-state index is 13.6. The van der Waals surface area contributed by atoms with Gasteiger partial charge in [0.2, 0.25) is 5.78 Å². The first-order chi connectivity index (χ1) is 15.5. The summed E-state index contributed by atoms with van der Waals surface area (Å²) in [5, 5.41) is 7.26. The average molecular weight is 443 g/mol. The number of hydrogen-bond donors (Lipinski definition) is 1. The Morgan fingerprint density at radius 3 is 2.50 bits per heavy atom. The van der Waals surface area contributed by atoms with Crippen molar-refractivity contribution in [2.75, 3.05) is 6.54 Å². The Morgan fingerprint density at radius 2 is 1.75 bits per heavy atom. The Hall–Kier alpha value is -3.78. The van der Waals surface area contributed by atoms with E-state index in [9.17, 15) is 13.2 Å². The molecule has 2 aromatic heterocycles. The number of carbonyl (C=O) groups excluding carboxylic acids is 1. The molecular formula is C24H18N4O3S. The summed E-state index contributed by atoms with van der Waals surface area (Å²) in [5.41, 5.74) is 5.52. The molecule has 1 aliphatic heterocycles. The standard InChI is InChI=1S/C24H18N4O3S/c1-14-7-9-17(10-8-14)32(30,31)28-13-16-11-12-25-21-18(16)23(28)24(29)22-19(21)20(26-27-22)15-5-3-2-4-6-15/h2-10,13H,11-12H2,1H3,(H,26,27). The SMILES string of the molecule is Cc1ccc(S(=O)(=O)n2cc3c4c2C(=O)c2[nH]nc(-c5ccccc5)c2C4=NCC3)cc1. The van der Waals surface area contributed by atoms with Crippen LogP contribution in [0.5, 0.6) is 0 Å². The summed E-state index contributed by atoms with van der Waals surface area (Å²) in [7, 11) is -3.96. The molecule has 0 radical (unpaired) electrons. The number of carbonyl (C=O) groups is 1. The number of nitrogens with one attached hydrogen (secondary N) is 1. The van der Waals surface area contributed by atoms with Crippen LogP contribution in [0.1, 0.15) is 38.4 Å². The molecule has 0 saturated heterocycles. The number of hydrogen-bond acceptors (Lipinski definition) is 5. The molecule has 0 unspecified atom stereocenters. The number of rotatable bonds is 3. The number of nitrogens with zero attached hydrogens (tertiary/aromatic N) is 3. The number of H-pyrrole nitrogens is 1. The van der Waals surface area contributed by atoms with Crippen molar-refractivity contribution >= 4 is 21.5 Å². The topological polar surface area (TPSA) is 97.2 Å². The molecule has 0 spiro atoms. The fraction of sp³-hybridized carbons (Fsp3) is 0.125. The van der Waals surface area contributed by atoms with Crippen molar-refractivity contribution in [2.45, 2.75) is 18.2 Å². The van der Waals surface area contributed by atoms with E-state index in [1.165, 1.54) is 0 Å². The summed E-state index contributed by atoms with van der Waals surface area (Å²) in [6.07, 6.45) is 2.15. The molecule has 0 bridgehead atoms. The van der Waals surface area contributed by atoms with Crippen LogP contribution >= 0.6 is 0 Å². The molecule has 7 nitrogen and oxygen atoms in total. The molecule has 6 rings (SSSR count). The van der Waals surface area contributed by atoms with Gasteiger partial charge in [0.25, 0.3) is 10.0 Å². The third kappa shape index (κ3) is 2.53. The molecular weight excluding hydrogens is 424 g/mol. The number of benzene rings is 2. The van der Waals surface area contributed by atoms with Gasteiger partial charge in [-0.15, -0.1) is 0 Å². The van der Waals surface area contributed by atoms with Gasteiger partial charge in [-0.3, -0.25) is 14.9 Å². The first kappa shape index (κ1) is 18.9. The van der Waals surface area contributed by atoms with Gasteiger partial charge in [-0.05, 0) is 31.0 Å². The Kier molecular flexibility index (Phi) is 3.91. The zero-order valence-corrected chi connectivity index (χ0v) is 18.0. The van der Waals surface area contributed by atoms with Gasteiger partial charge in [0.05, 0.1) is 16.2 Å². The third-order valence-electron chi connectivity index (χ3n) is 6.01. The lowest BCUT2D eigenvalue weighted by Gasteiger charge is -2.21. The van der Waals surface area contributed by atoms with E-state index in [1.807, 2.05) is 37.3 Å². The summed E-state index contributed by atoms with van der Waals surface area (Å²) in [6.45, 7) is 2.41. The molecule has 3 heterocycles. The molecule has 1 N–H and O–H groups in total. The van der Waals surface area contributed by atoms with E-state index in [0.29, 0.717) is 35.5 Å². The second-order valence-corrected chi connectivity index (χ2v) is 9.80. The van der Waals surface area contributed by atoms with E-state index in [4.69, 9.17) is 4.99 Å². The zero-order valence-electron chi connectivity index (χ0n) is 17.2. The first-order valence-electron chi connectivity index (χ1n) is 10.3. The molecule has 0 saturated carbocycles. The number of aromatic nitrogens is 3. The van der Waals surface area contributed by atoms with Gasteiger partial charge in [0, 0.05) is 23.9 Å². The normalized spacial score (nSPS) is 14.7. The number of ketones is 1. The lowest BCUT2D eigenvalue weighted by Crippen LogP contribution is -2.27. The predicted octanol–water partition coefficient (Wildman–Crippen LogP) is 3.36. The van der Waals surface area contributed by atoms with E-state index in [1.54, 1.807) is 30.5 Å². The quantitative estimate of drug-likeness (QED) is 0.463. The van der Waals surface area contributed by atoms with Gasteiger partial charge in [-0.1, -0.05) is 48.0 Å². The molecule has 0 amide bonds. The summed E-state index contributed by atoms with van der Waals surface area (Å²) < 4.78 is 28.1. The van der Waals surface area contributed by atoms with Gasteiger partial charge in [-0.25, -0.2) is 12.4 Å². The third-order valence-corrected chi connectivity index (χ3v) is 7.68. The van der Waals surface area contributed by atoms with Gasteiger partial charge >= 0.3 is 0 Å². The fourth-order valence-corrected chi connectivity index (χ4v) is 5.83. The van der Waals surface area contributed by atoms with Crippen molar-refractivity contribution in [1.82, 2.24) is 14.2 Å². The number of aliphatic imine (C=N–C) groups is 1. The Balaban J connectivity index is 1.59. The van der Waals surface area contributed by atoms with Crippen LogP contribution in [0.2, 0.25) is 0 Å². The first-order valence-corrected chi connectivity index (χ1v) is 11.7. The number of aromatic amines is 1. The van der Waals surface area contributed by atoms with Crippen LogP contribution in [0, 0.1) is 6.92 Å². The molecule has 1 aliphatic carbocycles. The Morgan fingerprint density at radius 1 is 1.00 bits per heavy atom. The largest absolute Gasteiger partial charge is 0.285 e. The minimum atomic E-state index is -3.96. The summed E-state index contributed by atoms with van der Waals surface area (Å²) in [5.74, 6) is -0.396. The van der Waals surface area contributed by atoms with Crippen molar-refractivity contribution in [2.24, 2.45) is 4.99 Å². The highest BCUT2D eigenvalue weighted by atomic mass is 32.2. The van der Waals surface area contributed by atoms with E-state index >= 15 is 0 Å². The second kappa shape index (κ2) is 6.61. The second-order valence-electron chi connectivity index (χ2n) is 7.99. The molecule has 0 atom stereocenters. The van der Waals surface area contributed by atoms with Crippen LogP contribution < -0.4 is 0 Å². The van der Waals surface area contributed by atoms with Crippen molar-refractivity contribution in [3.63, 3.8) is 0 Å². The molecule has 4 aromatic rings. The number of aryl methyl sites for hydroxylation is 1. The molecule has 2 aromatic carbocycles. The van der Waals surface area contributed by atoms with Crippen LogP contribution in [0.25, 0.3) is 11.3 Å². The highest BCUT2D eigenvalue weighted by molar-refractivity contribution is 7.90. The molecule has 0 fully saturated rings. The minimum Gasteiger partial charge on any atom is -0.285 e.